The van der Waals surface area contributed by atoms with E-state index in [9.17, 15) is 4.79 Å². The fourth-order valence-corrected chi connectivity index (χ4v) is 1.79. The van der Waals surface area contributed by atoms with E-state index in [1.54, 1.807) is 6.20 Å². The van der Waals surface area contributed by atoms with Crippen LogP contribution in [0.3, 0.4) is 0 Å². The molecule has 0 aliphatic carbocycles. The van der Waals surface area contributed by atoms with Crippen molar-refractivity contribution in [3.63, 3.8) is 0 Å². The van der Waals surface area contributed by atoms with Crippen LogP contribution in [0.5, 0.6) is 0 Å². The number of rotatable bonds is 3. The highest BCUT2D eigenvalue weighted by atomic mass is 16.1. The quantitative estimate of drug-likeness (QED) is 0.757. The van der Waals surface area contributed by atoms with Crippen molar-refractivity contribution in [1.82, 2.24) is 9.55 Å². The Labute approximate surface area is 101 Å². The van der Waals surface area contributed by atoms with Crippen molar-refractivity contribution in [2.45, 2.75) is 27.3 Å². The summed E-state index contributed by atoms with van der Waals surface area (Å²) < 4.78 is 1.86. The first-order valence-corrected chi connectivity index (χ1v) is 5.76. The van der Waals surface area contributed by atoms with Crippen molar-refractivity contribution in [2.75, 3.05) is 0 Å². The Bertz CT molecular complexity index is 555. The highest BCUT2D eigenvalue weighted by Gasteiger charge is 2.14. The van der Waals surface area contributed by atoms with Crippen LogP contribution in [0.4, 0.5) is 0 Å². The predicted octanol–water partition coefficient (Wildman–Crippen LogP) is 2.75. The Morgan fingerprint density at radius 1 is 1.29 bits per heavy atom. The van der Waals surface area contributed by atoms with Gasteiger partial charge in [-0.25, -0.2) is 4.98 Å². The monoisotopic (exact) mass is 228 g/mol. The van der Waals surface area contributed by atoms with Crippen molar-refractivity contribution in [3.8, 4) is 0 Å². The van der Waals surface area contributed by atoms with Crippen molar-refractivity contribution in [3.05, 3.63) is 53.1 Å². The summed E-state index contributed by atoms with van der Waals surface area (Å²) in [6.07, 6.45) is 3.49. The molecule has 0 fully saturated rings. The van der Waals surface area contributed by atoms with Crippen LogP contribution in [0, 0.1) is 13.8 Å². The number of nitrogens with zero attached hydrogens (tertiary/aromatic N) is 2. The highest BCUT2D eigenvalue weighted by molar-refractivity contribution is 6.06. The van der Waals surface area contributed by atoms with E-state index in [1.807, 2.05) is 49.7 Å². The van der Waals surface area contributed by atoms with E-state index in [0.29, 0.717) is 11.4 Å². The van der Waals surface area contributed by atoms with Crippen LogP contribution in [0.15, 0.2) is 30.6 Å². The molecular weight excluding hydrogens is 212 g/mol. The Kier molecular flexibility index (Phi) is 3.09. The third kappa shape index (κ3) is 2.13. The molecule has 88 valence electrons. The average molecular weight is 228 g/mol. The fourth-order valence-electron chi connectivity index (χ4n) is 1.79. The summed E-state index contributed by atoms with van der Waals surface area (Å²) in [6.45, 7) is 6.81. The van der Waals surface area contributed by atoms with Crippen molar-refractivity contribution >= 4 is 5.78 Å². The number of imidazole rings is 1. The molecule has 0 atom stereocenters. The summed E-state index contributed by atoms with van der Waals surface area (Å²) in [5.41, 5.74) is 3.03. The summed E-state index contributed by atoms with van der Waals surface area (Å²) in [5, 5.41) is 0. The van der Waals surface area contributed by atoms with Crippen LogP contribution in [-0.4, -0.2) is 15.3 Å². The minimum absolute atomic E-state index is 0.0139. The molecule has 0 bridgehead atoms. The molecule has 0 aliphatic heterocycles. The second-order valence-electron chi connectivity index (χ2n) is 4.17. The molecule has 1 heterocycles. The first-order chi connectivity index (χ1) is 8.13. The average Bonchev–Trinajstić information content (AvgIpc) is 2.80. The van der Waals surface area contributed by atoms with E-state index < -0.39 is 0 Å². The Morgan fingerprint density at radius 2 is 2.06 bits per heavy atom. The number of hydrogen-bond acceptors (Lipinski definition) is 2. The number of benzene rings is 1. The second kappa shape index (κ2) is 4.53. The van der Waals surface area contributed by atoms with E-state index in [1.165, 1.54) is 5.56 Å². The van der Waals surface area contributed by atoms with Gasteiger partial charge in [-0.15, -0.1) is 0 Å². The van der Waals surface area contributed by atoms with E-state index in [4.69, 9.17) is 0 Å². The topological polar surface area (TPSA) is 34.9 Å². The summed E-state index contributed by atoms with van der Waals surface area (Å²) in [4.78, 5) is 16.4. The molecule has 0 N–H and O–H groups in total. The van der Waals surface area contributed by atoms with Gasteiger partial charge in [0.1, 0.15) is 0 Å². The lowest BCUT2D eigenvalue weighted by Gasteiger charge is -2.06. The minimum Gasteiger partial charge on any atom is -0.328 e. The number of aryl methyl sites for hydroxylation is 3. The smallest absolute Gasteiger partial charge is 0.228 e. The van der Waals surface area contributed by atoms with Crippen LogP contribution in [0.1, 0.15) is 34.2 Å². The fraction of sp³-hybridized carbons (Fsp3) is 0.286. The maximum Gasteiger partial charge on any atom is 0.228 e. The molecular formula is C14H16N2O. The molecule has 2 rings (SSSR count). The molecule has 1 aromatic carbocycles. The number of ketones is 1. The Balaban J connectivity index is 2.40. The molecule has 0 unspecified atom stereocenters. The summed E-state index contributed by atoms with van der Waals surface area (Å²) in [5.74, 6) is 0.496. The predicted molar refractivity (Wildman–Crippen MR) is 67.2 cm³/mol. The summed E-state index contributed by atoms with van der Waals surface area (Å²) in [6, 6.07) is 5.76. The first kappa shape index (κ1) is 11.6. The van der Waals surface area contributed by atoms with E-state index in [0.717, 1.165) is 12.1 Å². The maximum absolute atomic E-state index is 12.3. The van der Waals surface area contributed by atoms with Crippen molar-refractivity contribution in [1.29, 1.82) is 0 Å². The van der Waals surface area contributed by atoms with Crippen LogP contribution >= 0.6 is 0 Å². The lowest BCUT2D eigenvalue weighted by molar-refractivity contribution is 0.102. The van der Waals surface area contributed by atoms with Crippen molar-refractivity contribution < 1.29 is 4.79 Å². The zero-order valence-electron chi connectivity index (χ0n) is 10.4. The van der Waals surface area contributed by atoms with E-state index in [2.05, 4.69) is 4.98 Å². The molecule has 3 nitrogen and oxygen atoms in total. The van der Waals surface area contributed by atoms with E-state index >= 15 is 0 Å². The number of aromatic nitrogens is 2. The second-order valence-corrected chi connectivity index (χ2v) is 4.17. The lowest BCUT2D eigenvalue weighted by atomic mass is 10.0. The molecule has 0 saturated carbocycles. The zero-order chi connectivity index (χ0) is 12.4. The highest BCUT2D eigenvalue weighted by Crippen LogP contribution is 2.13. The van der Waals surface area contributed by atoms with Gasteiger partial charge < -0.3 is 4.57 Å². The van der Waals surface area contributed by atoms with Gasteiger partial charge >= 0.3 is 0 Å². The number of hydrogen-bond donors (Lipinski definition) is 0. The Morgan fingerprint density at radius 3 is 2.71 bits per heavy atom. The molecule has 2 aromatic rings. The molecule has 0 amide bonds. The summed E-state index contributed by atoms with van der Waals surface area (Å²) in [7, 11) is 0. The number of carbonyl (C=O) groups is 1. The van der Waals surface area contributed by atoms with Gasteiger partial charge in [0, 0.05) is 24.5 Å². The van der Waals surface area contributed by atoms with Gasteiger partial charge in [-0.1, -0.05) is 12.1 Å². The molecule has 0 radical (unpaired) electrons. The minimum atomic E-state index is -0.0139. The molecule has 1 aromatic heterocycles. The normalized spacial score (nSPS) is 10.5. The largest absolute Gasteiger partial charge is 0.328 e. The third-order valence-corrected chi connectivity index (χ3v) is 3.03. The van der Waals surface area contributed by atoms with E-state index in [-0.39, 0.29) is 5.78 Å². The van der Waals surface area contributed by atoms with Crippen LogP contribution in [0.2, 0.25) is 0 Å². The zero-order valence-corrected chi connectivity index (χ0v) is 10.4. The van der Waals surface area contributed by atoms with Gasteiger partial charge in [0.15, 0.2) is 5.82 Å². The van der Waals surface area contributed by atoms with Crippen molar-refractivity contribution in [2.24, 2.45) is 0 Å². The molecule has 0 spiro atoms. The number of carbonyl (C=O) groups excluding carboxylic acids is 1. The maximum atomic E-state index is 12.3. The van der Waals surface area contributed by atoms with Gasteiger partial charge in [-0.05, 0) is 38.0 Å². The summed E-state index contributed by atoms with van der Waals surface area (Å²) >= 11 is 0. The standard InChI is InChI=1S/C14H16N2O/c1-4-16-8-7-15-14(16)13(17)12-6-5-10(2)11(3)9-12/h5-9H,4H2,1-3H3. The SMILES string of the molecule is CCn1ccnc1C(=O)c1ccc(C)c(C)c1. The van der Waals surface area contributed by atoms with Crippen LogP contribution in [0.25, 0.3) is 0 Å². The van der Waals surface area contributed by atoms with Crippen LogP contribution in [-0.2, 0) is 6.54 Å². The van der Waals surface area contributed by atoms with Gasteiger partial charge in [-0.2, -0.15) is 0 Å². The third-order valence-electron chi connectivity index (χ3n) is 3.03. The van der Waals surface area contributed by atoms with Gasteiger partial charge in [0.25, 0.3) is 0 Å². The van der Waals surface area contributed by atoms with Gasteiger partial charge in [0.05, 0.1) is 0 Å². The lowest BCUT2D eigenvalue weighted by Crippen LogP contribution is -2.10. The first-order valence-electron chi connectivity index (χ1n) is 5.76. The molecule has 17 heavy (non-hydrogen) atoms. The molecule has 3 heteroatoms. The molecule has 0 aliphatic rings. The van der Waals surface area contributed by atoms with Gasteiger partial charge in [0.2, 0.25) is 5.78 Å². The Hall–Kier alpha value is -1.90. The van der Waals surface area contributed by atoms with Crippen LogP contribution < -0.4 is 0 Å². The van der Waals surface area contributed by atoms with Gasteiger partial charge in [-0.3, -0.25) is 4.79 Å². The molecule has 0 saturated heterocycles.